The third kappa shape index (κ3) is 3.22. The fraction of sp³-hybridized carbons (Fsp3) is 0.609. The molecule has 0 spiro atoms. The Morgan fingerprint density at radius 2 is 2.08 bits per heavy atom. The van der Waals surface area contributed by atoms with E-state index < -0.39 is 0 Å². The van der Waals surface area contributed by atoms with E-state index in [0.29, 0.717) is 11.8 Å². The molecule has 4 rings (SSSR count). The lowest BCUT2D eigenvalue weighted by Crippen LogP contribution is -2.45. The lowest BCUT2D eigenvalue weighted by Gasteiger charge is -2.50. The van der Waals surface area contributed by atoms with Gasteiger partial charge >= 0.3 is 5.97 Å². The zero-order valence-corrected chi connectivity index (χ0v) is 16.1. The van der Waals surface area contributed by atoms with E-state index in [2.05, 4.69) is 49.7 Å². The Hall–Kier alpha value is -1.61. The maximum Gasteiger partial charge on any atom is 0.310 e. The summed E-state index contributed by atoms with van der Waals surface area (Å²) in [5.74, 6) is 0.948. The summed E-state index contributed by atoms with van der Waals surface area (Å²) in [6.07, 6.45) is 5.85. The molecule has 3 fully saturated rings. The van der Waals surface area contributed by atoms with E-state index in [9.17, 15) is 4.79 Å². The van der Waals surface area contributed by atoms with Crippen molar-refractivity contribution in [2.45, 2.75) is 51.7 Å². The minimum absolute atomic E-state index is 0.00740. The van der Waals surface area contributed by atoms with Crippen LogP contribution in [0.15, 0.2) is 42.5 Å². The fourth-order valence-electron chi connectivity index (χ4n) is 5.76. The topological polar surface area (TPSA) is 29.5 Å². The van der Waals surface area contributed by atoms with Crippen molar-refractivity contribution in [2.24, 2.45) is 23.2 Å². The summed E-state index contributed by atoms with van der Waals surface area (Å²) < 4.78 is 5.88. The maximum absolute atomic E-state index is 12.6. The molecule has 0 amide bonds. The molecule has 0 N–H and O–H groups in total. The number of rotatable bonds is 4. The number of benzene rings is 1. The van der Waals surface area contributed by atoms with E-state index in [0.717, 1.165) is 32.4 Å². The Bertz CT molecular complexity index is 685. The first-order valence-corrected chi connectivity index (χ1v) is 10.1. The van der Waals surface area contributed by atoms with Crippen LogP contribution in [0.5, 0.6) is 0 Å². The highest BCUT2D eigenvalue weighted by molar-refractivity contribution is 5.75. The van der Waals surface area contributed by atoms with Crippen LogP contribution < -0.4 is 0 Å². The zero-order valence-electron chi connectivity index (χ0n) is 16.1. The van der Waals surface area contributed by atoms with Crippen LogP contribution in [0.1, 0.15) is 44.6 Å². The van der Waals surface area contributed by atoms with E-state index in [1.54, 1.807) is 0 Å². The van der Waals surface area contributed by atoms with Crippen molar-refractivity contribution in [3.63, 3.8) is 0 Å². The number of allylic oxidation sites excluding steroid dienone is 1. The van der Waals surface area contributed by atoms with E-state index in [1.807, 2.05) is 6.07 Å². The number of carbonyl (C=O) groups is 1. The van der Waals surface area contributed by atoms with Gasteiger partial charge in [0.05, 0.1) is 5.92 Å². The number of carbonyl (C=O) groups excluding carboxylic acids is 1. The Morgan fingerprint density at radius 1 is 1.31 bits per heavy atom. The predicted octanol–water partition coefficient (Wildman–Crippen LogP) is 4.43. The molecule has 0 bridgehead atoms. The second-order valence-corrected chi connectivity index (χ2v) is 9.09. The van der Waals surface area contributed by atoms with Gasteiger partial charge in [-0.15, -0.1) is 0 Å². The Kier molecular flexibility index (Phi) is 4.68. The third-order valence-electron chi connectivity index (χ3n) is 7.12. The van der Waals surface area contributed by atoms with Crippen molar-refractivity contribution >= 4 is 5.97 Å². The number of esters is 1. The van der Waals surface area contributed by atoms with Crippen LogP contribution in [0.2, 0.25) is 0 Å². The molecule has 5 atom stereocenters. The molecule has 1 aliphatic heterocycles. The van der Waals surface area contributed by atoms with Gasteiger partial charge in [-0.25, -0.2) is 0 Å². The Balaban J connectivity index is 1.46. The summed E-state index contributed by atoms with van der Waals surface area (Å²) in [5, 5.41) is 0. The first kappa shape index (κ1) is 17.8. The molecule has 2 saturated carbocycles. The van der Waals surface area contributed by atoms with E-state index in [-0.39, 0.29) is 23.4 Å². The van der Waals surface area contributed by atoms with Crippen LogP contribution in [-0.4, -0.2) is 30.6 Å². The second kappa shape index (κ2) is 6.84. The summed E-state index contributed by atoms with van der Waals surface area (Å²) in [5.41, 5.74) is 2.98. The number of hydrogen-bond acceptors (Lipinski definition) is 3. The molecule has 2 aliphatic carbocycles. The zero-order chi connectivity index (χ0) is 18.3. The van der Waals surface area contributed by atoms with Crippen molar-refractivity contribution in [1.82, 2.24) is 4.90 Å². The monoisotopic (exact) mass is 353 g/mol. The summed E-state index contributed by atoms with van der Waals surface area (Å²) in [6.45, 7) is 8.43. The normalized spacial score (nSPS) is 36.6. The molecule has 3 nitrogen and oxygen atoms in total. The van der Waals surface area contributed by atoms with Gasteiger partial charge in [0.25, 0.3) is 0 Å². The number of ether oxygens (including phenoxy) is 1. The van der Waals surface area contributed by atoms with E-state index in [4.69, 9.17) is 4.74 Å². The highest BCUT2D eigenvalue weighted by Crippen LogP contribution is 2.56. The quantitative estimate of drug-likeness (QED) is 0.592. The molecule has 0 unspecified atom stereocenters. The van der Waals surface area contributed by atoms with E-state index >= 15 is 0 Å². The number of nitrogens with zero attached hydrogens (tertiary/aromatic N) is 1. The molecule has 26 heavy (non-hydrogen) atoms. The highest BCUT2D eigenvalue weighted by Gasteiger charge is 2.55. The van der Waals surface area contributed by atoms with Crippen LogP contribution in [0.3, 0.4) is 0 Å². The number of hydrogen-bond donors (Lipinski definition) is 0. The lowest BCUT2D eigenvalue weighted by atomic mass is 9.55. The fourth-order valence-corrected chi connectivity index (χ4v) is 5.76. The lowest BCUT2D eigenvalue weighted by molar-refractivity contribution is -0.146. The second-order valence-electron chi connectivity index (χ2n) is 9.09. The molecule has 3 heteroatoms. The van der Waals surface area contributed by atoms with Crippen LogP contribution in [0.25, 0.3) is 0 Å². The van der Waals surface area contributed by atoms with Crippen molar-refractivity contribution in [3.8, 4) is 0 Å². The minimum Gasteiger partial charge on any atom is -0.462 e. The van der Waals surface area contributed by atoms with Crippen molar-refractivity contribution in [3.05, 3.63) is 48.0 Å². The highest BCUT2D eigenvalue weighted by atomic mass is 16.6. The standard InChI is InChI=1S/C23H31NO2/c1-16-8-7-11-23(2)13-21-18(12-20(16)23)19(22(25)26-21)15-24(3)14-17-9-5-4-6-10-17/h4-6,9-10,18-21H,1,7-8,11-15H2,2-3H3/t18-,19-,20-,21+,23-/m0/s1. The average molecular weight is 354 g/mol. The van der Waals surface area contributed by atoms with E-state index in [1.165, 1.54) is 24.0 Å². The van der Waals surface area contributed by atoms with Crippen molar-refractivity contribution in [1.29, 1.82) is 0 Å². The Labute approximate surface area is 157 Å². The van der Waals surface area contributed by atoms with Gasteiger partial charge in [0.2, 0.25) is 0 Å². The first-order valence-electron chi connectivity index (χ1n) is 10.1. The van der Waals surface area contributed by atoms with Crippen LogP contribution in [-0.2, 0) is 16.1 Å². The average Bonchev–Trinajstić information content (AvgIpc) is 2.88. The van der Waals surface area contributed by atoms with Crippen molar-refractivity contribution < 1.29 is 9.53 Å². The van der Waals surface area contributed by atoms with Gasteiger partial charge in [0, 0.05) is 19.0 Å². The SMILES string of the molecule is C=C1CCC[C@@]2(C)C[C@H]3OC(=O)[C@@H](CN(C)Cc4ccccc4)[C@@H]3C[C@@H]12. The van der Waals surface area contributed by atoms with Gasteiger partial charge in [0.1, 0.15) is 6.10 Å². The Morgan fingerprint density at radius 3 is 2.85 bits per heavy atom. The van der Waals surface area contributed by atoms with Gasteiger partial charge in [-0.1, -0.05) is 49.4 Å². The third-order valence-corrected chi connectivity index (χ3v) is 7.12. The van der Waals surface area contributed by atoms with Gasteiger partial charge < -0.3 is 9.64 Å². The molecule has 1 saturated heterocycles. The van der Waals surface area contributed by atoms with Crippen LogP contribution in [0.4, 0.5) is 0 Å². The largest absolute Gasteiger partial charge is 0.462 e. The molecule has 1 aromatic carbocycles. The van der Waals surface area contributed by atoms with Gasteiger partial charge in [-0.05, 0) is 56.0 Å². The molecule has 140 valence electrons. The smallest absolute Gasteiger partial charge is 0.310 e. The van der Waals surface area contributed by atoms with Gasteiger partial charge in [-0.2, -0.15) is 0 Å². The molecular weight excluding hydrogens is 322 g/mol. The maximum atomic E-state index is 12.6. The van der Waals surface area contributed by atoms with Crippen molar-refractivity contribution in [2.75, 3.05) is 13.6 Å². The summed E-state index contributed by atoms with van der Waals surface area (Å²) >= 11 is 0. The number of fused-ring (bicyclic) bond motifs is 2. The minimum atomic E-state index is 0.00740. The van der Waals surface area contributed by atoms with Crippen LogP contribution in [0, 0.1) is 23.2 Å². The van der Waals surface area contributed by atoms with Gasteiger partial charge in [-0.3, -0.25) is 4.79 Å². The molecule has 3 aliphatic rings. The first-order chi connectivity index (χ1) is 12.5. The molecule has 1 heterocycles. The molecular formula is C23H31NO2. The summed E-state index contributed by atoms with van der Waals surface area (Å²) in [7, 11) is 2.11. The predicted molar refractivity (Wildman–Crippen MR) is 103 cm³/mol. The van der Waals surface area contributed by atoms with Gasteiger partial charge in [0.15, 0.2) is 0 Å². The molecule has 1 aromatic rings. The molecule has 0 radical (unpaired) electrons. The summed E-state index contributed by atoms with van der Waals surface area (Å²) in [4.78, 5) is 14.9. The van der Waals surface area contributed by atoms with Crippen LogP contribution >= 0.6 is 0 Å². The summed E-state index contributed by atoms with van der Waals surface area (Å²) in [6, 6.07) is 10.5. The molecule has 0 aromatic heterocycles.